The SMILES string of the molecule is c1ccc(-n2c3ccccc3c3cc(-c4ccc5c(c4)c4c(-n6c7ccccc7c7ccccc76)nc(-n6c7ccccc7c7ccccc76)nc4n5-c4ccccc4)ccc32)cc1. The third-order valence-corrected chi connectivity index (χ3v) is 13.2. The molecule has 0 aliphatic heterocycles. The van der Waals surface area contributed by atoms with Crippen LogP contribution >= 0.6 is 0 Å². The van der Waals surface area contributed by atoms with Crippen LogP contribution in [0.25, 0.3) is 122 Å². The fourth-order valence-electron chi connectivity index (χ4n) is 10.5. The van der Waals surface area contributed by atoms with E-state index in [0.717, 1.165) is 83.1 Å². The van der Waals surface area contributed by atoms with Gasteiger partial charge in [-0.1, -0.05) is 140 Å². The highest BCUT2D eigenvalue weighted by Crippen LogP contribution is 2.42. The number of para-hydroxylation sites is 7. The zero-order valence-electron chi connectivity index (χ0n) is 34.5. The van der Waals surface area contributed by atoms with Crippen LogP contribution in [0, 0.1) is 0 Å². The molecule has 0 atom stereocenters. The van der Waals surface area contributed by atoms with Gasteiger partial charge in [0, 0.05) is 49.1 Å². The first kappa shape index (κ1) is 34.9. The van der Waals surface area contributed by atoms with Crippen molar-refractivity contribution < 1.29 is 0 Å². The van der Waals surface area contributed by atoms with Gasteiger partial charge in [0.15, 0.2) is 11.5 Å². The molecule has 0 aliphatic carbocycles. The number of benzene rings is 9. The van der Waals surface area contributed by atoms with Crippen LogP contribution in [-0.4, -0.2) is 28.2 Å². The van der Waals surface area contributed by atoms with Crippen LogP contribution in [0.2, 0.25) is 0 Å². The van der Waals surface area contributed by atoms with Crippen molar-refractivity contribution in [3.05, 3.63) is 218 Å². The van der Waals surface area contributed by atoms with Gasteiger partial charge in [0.25, 0.3) is 0 Å². The summed E-state index contributed by atoms with van der Waals surface area (Å²) < 4.78 is 9.29. The molecule has 5 heterocycles. The standard InChI is InChI=1S/C58H36N6/c1-3-17-39(18-4-1)61-48-26-12-11-25-45(48)46-35-37(31-33-53(46)61)38-32-34-54-47(36-38)55-56(62(54)40-19-5-2-6-20-40)59-58(64-51-29-15-9-23-43(51)44-24-10-16-30-52(44)64)60-57(55)63-49-27-13-7-21-41(49)42-22-8-14-28-50(42)63/h1-36H. The van der Waals surface area contributed by atoms with E-state index < -0.39 is 0 Å². The Morgan fingerprint density at radius 3 is 1.16 bits per heavy atom. The highest BCUT2D eigenvalue weighted by molar-refractivity contribution is 6.17. The normalized spacial score (nSPS) is 12.1. The molecule has 5 aromatic heterocycles. The van der Waals surface area contributed by atoms with Crippen LogP contribution in [0.4, 0.5) is 0 Å². The van der Waals surface area contributed by atoms with Gasteiger partial charge in [0.2, 0.25) is 5.95 Å². The summed E-state index contributed by atoms with van der Waals surface area (Å²) in [6, 6.07) is 78.3. The topological polar surface area (TPSA) is 45.5 Å². The lowest BCUT2D eigenvalue weighted by Crippen LogP contribution is -2.08. The van der Waals surface area contributed by atoms with E-state index in [1.165, 1.54) is 32.6 Å². The first-order chi connectivity index (χ1) is 31.8. The van der Waals surface area contributed by atoms with Gasteiger partial charge in [-0.3, -0.25) is 13.7 Å². The smallest absolute Gasteiger partial charge is 0.238 e. The molecule has 0 saturated carbocycles. The Morgan fingerprint density at radius 2 is 0.641 bits per heavy atom. The number of nitrogens with zero attached hydrogens (tertiary/aromatic N) is 6. The van der Waals surface area contributed by atoms with Gasteiger partial charge in [0.05, 0.1) is 44.0 Å². The number of rotatable bonds is 5. The van der Waals surface area contributed by atoms with Crippen LogP contribution in [-0.2, 0) is 0 Å². The molecule has 6 nitrogen and oxygen atoms in total. The monoisotopic (exact) mass is 816 g/mol. The molecule has 0 fully saturated rings. The Kier molecular flexibility index (Phi) is 7.30. The summed E-state index contributed by atoms with van der Waals surface area (Å²) >= 11 is 0. The van der Waals surface area contributed by atoms with Crippen molar-refractivity contribution in [3.63, 3.8) is 0 Å². The average Bonchev–Trinajstić information content (AvgIpc) is 4.09. The minimum absolute atomic E-state index is 0.613. The molecule has 298 valence electrons. The molecule has 0 spiro atoms. The lowest BCUT2D eigenvalue weighted by Gasteiger charge is -2.14. The number of hydrogen-bond donors (Lipinski definition) is 0. The molecular formula is C58H36N6. The van der Waals surface area contributed by atoms with Crippen LogP contribution < -0.4 is 0 Å². The summed E-state index contributed by atoms with van der Waals surface area (Å²) in [6.45, 7) is 0. The van der Waals surface area contributed by atoms with E-state index >= 15 is 0 Å². The van der Waals surface area contributed by atoms with E-state index in [9.17, 15) is 0 Å². The molecule has 0 radical (unpaired) electrons. The van der Waals surface area contributed by atoms with Gasteiger partial charge >= 0.3 is 0 Å². The number of fused-ring (bicyclic) bond motifs is 12. The quantitative estimate of drug-likeness (QED) is 0.174. The fourth-order valence-corrected chi connectivity index (χ4v) is 10.5. The van der Waals surface area contributed by atoms with Gasteiger partial charge in [-0.25, -0.2) is 0 Å². The van der Waals surface area contributed by atoms with E-state index in [-0.39, 0.29) is 0 Å². The van der Waals surface area contributed by atoms with Crippen molar-refractivity contribution in [2.45, 2.75) is 0 Å². The molecular weight excluding hydrogens is 781 g/mol. The summed E-state index contributed by atoms with van der Waals surface area (Å²) in [7, 11) is 0. The van der Waals surface area contributed by atoms with Gasteiger partial charge in [-0.05, 0) is 90.0 Å². The van der Waals surface area contributed by atoms with E-state index in [4.69, 9.17) is 9.97 Å². The summed E-state index contributed by atoms with van der Waals surface area (Å²) in [6.07, 6.45) is 0. The van der Waals surface area contributed by atoms with Gasteiger partial charge in [-0.2, -0.15) is 9.97 Å². The number of hydrogen-bond acceptors (Lipinski definition) is 2. The predicted octanol–water partition coefficient (Wildman–Crippen LogP) is 14.5. The third kappa shape index (κ3) is 4.90. The van der Waals surface area contributed by atoms with Gasteiger partial charge < -0.3 is 4.57 Å². The Balaban J connectivity index is 1.12. The zero-order valence-corrected chi connectivity index (χ0v) is 34.5. The van der Waals surface area contributed by atoms with Crippen molar-refractivity contribution in [1.29, 1.82) is 0 Å². The predicted molar refractivity (Wildman–Crippen MR) is 265 cm³/mol. The first-order valence-electron chi connectivity index (χ1n) is 21.8. The molecule has 64 heavy (non-hydrogen) atoms. The van der Waals surface area contributed by atoms with E-state index in [1.54, 1.807) is 0 Å². The summed E-state index contributed by atoms with van der Waals surface area (Å²) in [4.78, 5) is 11.4. The van der Waals surface area contributed by atoms with Crippen molar-refractivity contribution in [3.8, 4) is 34.3 Å². The second kappa shape index (κ2) is 13.4. The van der Waals surface area contributed by atoms with E-state index in [0.29, 0.717) is 5.95 Å². The zero-order chi connectivity index (χ0) is 41.9. The van der Waals surface area contributed by atoms with Crippen molar-refractivity contribution in [2.75, 3.05) is 0 Å². The van der Waals surface area contributed by atoms with Crippen LogP contribution in [0.5, 0.6) is 0 Å². The third-order valence-electron chi connectivity index (χ3n) is 13.2. The Bertz CT molecular complexity index is 4080. The molecule has 14 aromatic rings. The Morgan fingerprint density at radius 1 is 0.266 bits per heavy atom. The highest BCUT2D eigenvalue weighted by atomic mass is 15.2. The second-order valence-electron chi connectivity index (χ2n) is 16.6. The minimum Gasteiger partial charge on any atom is -0.309 e. The molecule has 9 aromatic carbocycles. The Labute approximate surface area is 366 Å². The number of aromatic nitrogens is 6. The largest absolute Gasteiger partial charge is 0.309 e. The molecule has 0 amide bonds. The lowest BCUT2D eigenvalue weighted by atomic mass is 10.0. The van der Waals surface area contributed by atoms with Crippen molar-refractivity contribution in [1.82, 2.24) is 28.2 Å². The molecule has 14 rings (SSSR count). The second-order valence-corrected chi connectivity index (χ2v) is 16.6. The van der Waals surface area contributed by atoms with Crippen LogP contribution in [0.15, 0.2) is 218 Å². The van der Waals surface area contributed by atoms with Crippen LogP contribution in [0.3, 0.4) is 0 Å². The van der Waals surface area contributed by atoms with Gasteiger partial charge in [0.1, 0.15) is 0 Å². The van der Waals surface area contributed by atoms with Gasteiger partial charge in [-0.15, -0.1) is 0 Å². The summed E-state index contributed by atoms with van der Waals surface area (Å²) in [5.41, 5.74) is 13.0. The molecule has 0 N–H and O–H groups in total. The van der Waals surface area contributed by atoms with Crippen LogP contribution in [0.1, 0.15) is 0 Å². The maximum Gasteiger partial charge on any atom is 0.238 e. The fraction of sp³-hybridized carbons (Fsp3) is 0. The van der Waals surface area contributed by atoms with E-state index in [1.807, 2.05) is 0 Å². The molecule has 0 aliphatic rings. The minimum atomic E-state index is 0.613. The molecule has 0 saturated heterocycles. The Hall–Kier alpha value is -8.74. The summed E-state index contributed by atoms with van der Waals surface area (Å²) in [5.74, 6) is 1.44. The van der Waals surface area contributed by atoms with Crippen molar-refractivity contribution >= 4 is 87.4 Å². The highest BCUT2D eigenvalue weighted by Gasteiger charge is 2.26. The maximum absolute atomic E-state index is 5.75. The molecule has 0 bridgehead atoms. The summed E-state index contributed by atoms with van der Waals surface area (Å²) in [5, 5.41) is 9.19. The first-order valence-corrected chi connectivity index (χ1v) is 21.8. The lowest BCUT2D eigenvalue weighted by molar-refractivity contribution is 0.960. The molecule has 0 unspecified atom stereocenters. The van der Waals surface area contributed by atoms with Crippen molar-refractivity contribution in [2.24, 2.45) is 0 Å². The van der Waals surface area contributed by atoms with E-state index in [2.05, 4.69) is 237 Å². The average molecular weight is 817 g/mol. The maximum atomic E-state index is 5.75. The molecule has 6 heteroatoms.